The number of carbonyl (C=O) groups is 2. The lowest BCUT2D eigenvalue weighted by Gasteiger charge is -2.29. The van der Waals surface area contributed by atoms with Crippen LogP contribution in [0.4, 0.5) is 0 Å². The van der Waals surface area contributed by atoms with Crippen molar-refractivity contribution in [3.8, 4) is 0 Å². The molecule has 1 aliphatic heterocycles. The Bertz CT molecular complexity index is 1300. The van der Waals surface area contributed by atoms with Gasteiger partial charge in [-0.25, -0.2) is 0 Å². The van der Waals surface area contributed by atoms with E-state index in [1.165, 1.54) is 0 Å². The molecule has 1 heterocycles. The Morgan fingerprint density at radius 2 is 1.08 bits per heavy atom. The van der Waals surface area contributed by atoms with E-state index in [-0.39, 0.29) is 29.9 Å². The molecule has 39 heavy (non-hydrogen) atoms. The molecule has 2 amide bonds. The molecule has 0 bridgehead atoms. The number of ether oxygens (including phenoxy) is 1. The molecule has 0 aliphatic carbocycles. The molecule has 1 aliphatic rings. The molecule has 0 atom stereocenters. The number of hydrogen-bond donors (Lipinski definition) is 1. The van der Waals surface area contributed by atoms with Crippen molar-refractivity contribution in [3.63, 3.8) is 0 Å². The number of carbonyl (C=O) groups excluding carboxylic acids is 2. The smallest absolute Gasteiger partial charge is 0.274 e. The molecule has 0 spiro atoms. The summed E-state index contributed by atoms with van der Waals surface area (Å²) in [6.07, 6.45) is 0. The van der Waals surface area contributed by atoms with Gasteiger partial charge in [0.15, 0.2) is 0 Å². The van der Waals surface area contributed by atoms with Crippen molar-refractivity contribution in [2.75, 3.05) is 26.3 Å². The fraction of sp³-hybridized carbons (Fsp3) is 0.125. The molecule has 0 aromatic heterocycles. The standard InChI is InChI=1S/C32H29N2O3P.ClH/c35-31(26-13-5-1-6-14-26)33-30(32(36)34-21-23-37-24-22-34)25-38(27-15-7-2-8-16-27,28-17-9-3-10-18-28)29-19-11-4-12-20-29;/h1-20,25H,21-24H2;1H/b30-25+;. The zero-order valence-electron chi connectivity index (χ0n) is 21.4. The molecule has 1 saturated heterocycles. The van der Waals surface area contributed by atoms with E-state index >= 15 is 0 Å². The van der Waals surface area contributed by atoms with Crippen LogP contribution in [0.2, 0.25) is 0 Å². The molecule has 5 nitrogen and oxygen atoms in total. The Kier molecular flexibility index (Phi) is 9.67. The minimum absolute atomic E-state index is 0. The third-order valence-corrected chi connectivity index (χ3v) is 10.6. The van der Waals surface area contributed by atoms with E-state index in [1.54, 1.807) is 17.0 Å². The van der Waals surface area contributed by atoms with Crippen molar-refractivity contribution in [1.82, 2.24) is 10.2 Å². The first-order valence-electron chi connectivity index (χ1n) is 12.7. The van der Waals surface area contributed by atoms with E-state index in [0.717, 1.165) is 15.9 Å². The molecule has 4 aromatic rings. The number of nitrogens with one attached hydrogen (secondary N) is 1. The van der Waals surface area contributed by atoms with Crippen LogP contribution in [0, 0.1) is 0 Å². The summed E-state index contributed by atoms with van der Waals surface area (Å²) < 4.78 is 5.50. The normalized spacial score (nSPS) is 13.7. The Balaban J connectivity index is 0.00000353. The third kappa shape index (κ3) is 6.29. The Morgan fingerprint density at radius 1 is 0.667 bits per heavy atom. The molecule has 1 fully saturated rings. The van der Waals surface area contributed by atoms with Crippen LogP contribution in [0.1, 0.15) is 10.4 Å². The fourth-order valence-electron chi connectivity index (χ4n) is 4.72. The van der Waals surface area contributed by atoms with Gasteiger partial charge in [0.05, 0.1) is 13.2 Å². The Hall–Kier alpha value is -3.76. The highest BCUT2D eigenvalue weighted by Crippen LogP contribution is 2.57. The molecule has 0 saturated carbocycles. The van der Waals surface area contributed by atoms with E-state index in [2.05, 4.69) is 41.7 Å². The maximum atomic E-state index is 14.0. The van der Waals surface area contributed by atoms with Crippen molar-refractivity contribution >= 4 is 35.0 Å². The lowest BCUT2D eigenvalue weighted by Crippen LogP contribution is -3.00. The van der Waals surface area contributed by atoms with Gasteiger partial charge in [-0.2, -0.15) is 0 Å². The highest BCUT2D eigenvalue weighted by Gasteiger charge is 2.45. The van der Waals surface area contributed by atoms with E-state index in [0.29, 0.717) is 31.9 Å². The summed E-state index contributed by atoms with van der Waals surface area (Å²) in [5, 5.41) is 6.30. The number of nitrogens with zero attached hydrogens (tertiary/aromatic N) is 1. The fourth-order valence-corrected chi connectivity index (χ4v) is 8.55. The first-order chi connectivity index (χ1) is 18.7. The lowest BCUT2D eigenvalue weighted by atomic mass is 10.2. The lowest BCUT2D eigenvalue weighted by molar-refractivity contribution is -0.131. The summed E-state index contributed by atoms with van der Waals surface area (Å²) in [6, 6.07) is 39.8. The van der Waals surface area contributed by atoms with Crippen LogP contribution < -0.4 is 33.6 Å². The highest BCUT2D eigenvalue weighted by molar-refractivity contribution is 7.98. The zero-order chi connectivity index (χ0) is 26.2. The van der Waals surface area contributed by atoms with Gasteiger partial charge in [-0.3, -0.25) is 9.59 Å². The first-order valence-corrected chi connectivity index (χ1v) is 14.6. The van der Waals surface area contributed by atoms with Crippen molar-refractivity contribution in [2.24, 2.45) is 0 Å². The second-order valence-electron chi connectivity index (χ2n) is 9.00. The van der Waals surface area contributed by atoms with Crippen LogP contribution in [-0.4, -0.2) is 43.0 Å². The molecular weight excluding hydrogens is 527 g/mol. The summed E-state index contributed by atoms with van der Waals surface area (Å²) >= 11 is 0. The monoisotopic (exact) mass is 556 g/mol. The predicted molar refractivity (Wildman–Crippen MR) is 155 cm³/mol. The van der Waals surface area contributed by atoms with Gasteiger partial charge in [-0.05, 0) is 48.5 Å². The zero-order valence-corrected chi connectivity index (χ0v) is 23.1. The van der Waals surface area contributed by atoms with E-state index in [9.17, 15) is 9.59 Å². The molecule has 198 valence electrons. The van der Waals surface area contributed by atoms with Gasteiger partial charge in [0.1, 0.15) is 34.7 Å². The van der Waals surface area contributed by atoms with Crippen LogP contribution >= 0.6 is 7.26 Å². The average Bonchev–Trinajstić information content (AvgIpc) is 3.01. The Labute approximate surface area is 236 Å². The second-order valence-corrected chi connectivity index (χ2v) is 12.2. The van der Waals surface area contributed by atoms with E-state index in [4.69, 9.17) is 4.74 Å². The molecule has 0 unspecified atom stereocenters. The van der Waals surface area contributed by atoms with Crippen LogP contribution in [-0.2, 0) is 9.53 Å². The van der Waals surface area contributed by atoms with E-state index in [1.807, 2.05) is 78.6 Å². The molecular formula is C32H30ClN2O3P. The van der Waals surface area contributed by atoms with E-state index < -0.39 is 7.26 Å². The molecule has 7 heteroatoms. The number of amides is 2. The summed E-state index contributed by atoms with van der Waals surface area (Å²) in [4.78, 5) is 29.2. The summed E-state index contributed by atoms with van der Waals surface area (Å²) in [5.74, 6) is 1.52. The van der Waals surface area contributed by atoms with Gasteiger partial charge >= 0.3 is 0 Å². The first kappa shape index (κ1) is 28.3. The van der Waals surface area contributed by atoms with Crippen molar-refractivity contribution in [3.05, 3.63) is 138 Å². The maximum absolute atomic E-state index is 14.0. The maximum Gasteiger partial charge on any atom is 0.274 e. The number of rotatable bonds is 7. The van der Waals surface area contributed by atoms with Gasteiger partial charge < -0.3 is 27.4 Å². The van der Waals surface area contributed by atoms with Crippen LogP contribution in [0.5, 0.6) is 0 Å². The van der Waals surface area contributed by atoms with Gasteiger partial charge in [-0.1, -0.05) is 72.8 Å². The molecule has 5 rings (SSSR count). The van der Waals surface area contributed by atoms with Gasteiger partial charge in [-0.15, -0.1) is 0 Å². The summed E-state index contributed by atoms with van der Waals surface area (Å²) in [7, 11) is -2.52. The molecule has 4 aromatic carbocycles. The predicted octanol–water partition coefficient (Wildman–Crippen LogP) is 1.11. The Morgan fingerprint density at radius 3 is 1.51 bits per heavy atom. The third-order valence-electron chi connectivity index (χ3n) is 6.63. The topological polar surface area (TPSA) is 58.6 Å². The largest absolute Gasteiger partial charge is 1.00 e. The quantitative estimate of drug-likeness (QED) is 0.274. The van der Waals surface area contributed by atoms with Crippen molar-refractivity contribution < 1.29 is 26.7 Å². The second kappa shape index (κ2) is 13.3. The number of morpholine rings is 1. The summed E-state index contributed by atoms with van der Waals surface area (Å²) in [5.41, 5.74) is 0.780. The van der Waals surface area contributed by atoms with Gasteiger partial charge in [0.2, 0.25) is 0 Å². The van der Waals surface area contributed by atoms with Crippen LogP contribution in [0.25, 0.3) is 0 Å². The molecule has 1 N–H and O–H groups in total. The van der Waals surface area contributed by atoms with Gasteiger partial charge in [0.25, 0.3) is 11.8 Å². The average molecular weight is 557 g/mol. The van der Waals surface area contributed by atoms with Crippen molar-refractivity contribution in [2.45, 2.75) is 0 Å². The minimum atomic E-state index is -2.52. The highest BCUT2D eigenvalue weighted by atomic mass is 35.5. The number of halogens is 1. The number of benzene rings is 4. The SMILES string of the molecule is O=C(N/C(=C/[P+](c1ccccc1)(c1ccccc1)c1ccccc1)C(=O)N1CCOCC1)c1ccccc1.[Cl-]. The van der Waals surface area contributed by atoms with Crippen LogP contribution in [0.3, 0.4) is 0 Å². The molecule has 0 radical (unpaired) electrons. The summed E-state index contributed by atoms with van der Waals surface area (Å²) in [6.45, 7) is 1.90. The minimum Gasteiger partial charge on any atom is -1.00 e. The number of hydrogen-bond acceptors (Lipinski definition) is 3. The van der Waals surface area contributed by atoms with Gasteiger partial charge in [0, 0.05) is 18.7 Å². The van der Waals surface area contributed by atoms with Crippen molar-refractivity contribution in [1.29, 1.82) is 0 Å². The van der Waals surface area contributed by atoms with Crippen LogP contribution in [0.15, 0.2) is 133 Å².